The molecule has 1 aliphatic heterocycles. The Morgan fingerprint density at radius 3 is 2.40 bits per heavy atom. The van der Waals surface area contributed by atoms with E-state index in [0.717, 1.165) is 6.07 Å². The van der Waals surface area contributed by atoms with Crippen molar-refractivity contribution in [2.24, 2.45) is 11.1 Å². The standard InChI is InChI=1S/C14H17FN2O3/c1-14(13(19)20)4-6-17(7-5-14)11-3-2-9(12(16)18)8-10(11)15/h2-3,8H,4-7H2,1H3,(H2,16,18)(H,19,20). The molecule has 20 heavy (non-hydrogen) atoms. The number of benzene rings is 1. The molecular formula is C14H17FN2O3. The number of carbonyl (C=O) groups excluding carboxylic acids is 1. The van der Waals surface area contributed by atoms with Crippen molar-refractivity contribution >= 4 is 17.6 Å². The van der Waals surface area contributed by atoms with Crippen molar-refractivity contribution in [3.63, 3.8) is 0 Å². The number of primary amides is 1. The second-order valence-electron chi connectivity index (χ2n) is 5.38. The number of anilines is 1. The van der Waals surface area contributed by atoms with Crippen molar-refractivity contribution in [3.8, 4) is 0 Å². The van der Waals surface area contributed by atoms with E-state index in [9.17, 15) is 14.0 Å². The largest absolute Gasteiger partial charge is 0.481 e. The molecule has 1 aliphatic rings. The van der Waals surface area contributed by atoms with Crippen LogP contribution in [0.4, 0.5) is 10.1 Å². The molecule has 0 bridgehead atoms. The number of hydrogen-bond acceptors (Lipinski definition) is 3. The third-order valence-corrected chi connectivity index (χ3v) is 3.96. The van der Waals surface area contributed by atoms with E-state index in [2.05, 4.69) is 0 Å². The minimum absolute atomic E-state index is 0.124. The Kier molecular flexibility index (Phi) is 3.65. The predicted molar refractivity (Wildman–Crippen MR) is 72.1 cm³/mol. The Morgan fingerprint density at radius 2 is 1.95 bits per heavy atom. The van der Waals surface area contributed by atoms with Gasteiger partial charge in [-0.15, -0.1) is 0 Å². The van der Waals surface area contributed by atoms with Crippen LogP contribution in [0.5, 0.6) is 0 Å². The maximum Gasteiger partial charge on any atom is 0.309 e. The molecule has 1 fully saturated rings. The number of halogens is 1. The molecule has 0 radical (unpaired) electrons. The molecule has 0 saturated carbocycles. The summed E-state index contributed by atoms with van der Waals surface area (Å²) in [6.07, 6.45) is 0.915. The van der Waals surface area contributed by atoms with Crippen molar-refractivity contribution in [2.45, 2.75) is 19.8 Å². The van der Waals surface area contributed by atoms with Crippen LogP contribution in [0.25, 0.3) is 0 Å². The molecule has 0 unspecified atom stereocenters. The van der Waals surface area contributed by atoms with E-state index in [1.807, 2.05) is 0 Å². The highest BCUT2D eigenvalue weighted by atomic mass is 19.1. The first-order valence-electron chi connectivity index (χ1n) is 6.41. The molecule has 1 aromatic rings. The molecule has 0 aromatic heterocycles. The highest BCUT2D eigenvalue weighted by Crippen LogP contribution is 2.34. The van der Waals surface area contributed by atoms with Gasteiger partial charge in [0.2, 0.25) is 5.91 Å². The quantitative estimate of drug-likeness (QED) is 0.881. The number of carbonyl (C=O) groups is 2. The Bertz CT molecular complexity index is 551. The Hall–Kier alpha value is -2.11. The Morgan fingerprint density at radius 1 is 1.35 bits per heavy atom. The van der Waals surface area contributed by atoms with Crippen LogP contribution in [0, 0.1) is 11.2 Å². The van der Waals surface area contributed by atoms with E-state index in [1.54, 1.807) is 11.8 Å². The molecule has 3 N–H and O–H groups in total. The lowest BCUT2D eigenvalue weighted by atomic mass is 9.80. The summed E-state index contributed by atoms with van der Waals surface area (Å²) in [5.74, 6) is -2.01. The Balaban J connectivity index is 2.15. The van der Waals surface area contributed by atoms with Gasteiger partial charge in [-0.1, -0.05) is 0 Å². The monoisotopic (exact) mass is 280 g/mol. The van der Waals surface area contributed by atoms with Crippen LogP contribution < -0.4 is 10.6 Å². The number of rotatable bonds is 3. The maximum atomic E-state index is 14.0. The summed E-state index contributed by atoms with van der Waals surface area (Å²) in [6.45, 7) is 2.64. The van der Waals surface area contributed by atoms with Crippen molar-refractivity contribution in [1.29, 1.82) is 0 Å². The highest BCUT2D eigenvalue weighted by molar-refractivity contribution is 5.93. The van der Waals surface area contributed by atoms with Crippen molar-refractivity contribution in [2.75, 3.05) is 18.0 Å². The average Bonchev–Trinajstić information content (AvgIpc) is 2.39. The highest BCUT2D eigenvalue weighted by Gasteiger charge is 2.37. The van der Waals surface area contributed by atoms with Gasteiger partial charge in [0.1, 0.15) is 5.82 Å². The van der Waals surface area contributed by atoms with Crippen LogP contribution in [-0.4, -0.2) is 30.1 Å². The molecule has 2 rings (SSSR count). The van der Waals surface area contributed by atoms with Crippen LogP contribution in [-0.2, 0) is 4.79 Å². The van der Waals surface area contributed by atoms with E-state index >= 15 is 0 Å². The molecule has 1 heterocycles. The molecule has 108 valence electrons. The number of aliphatic carboxylic acids is 1. The second-order valence-corrected chi connectivity index (χ2v) is 5.38. The van der Waals surface area contributed by atoms with Crippen molar-refractivity contribution in [1.82, 2.24) is 0 Å². The number of carboxylic acids is 1. The van der Waals surface area contributed by atoms with Crippen LogP contribution in [0.2, 0.25) is 0 Å². The van der Waals surface area contributed by atoms with Gasteiger partial charge in [-0.25, -0.2) is 4.39 Å². The van der Waals surface area contributed by atoms with Gasteiger partial charge < -0.3 is 15.7 Å². The first kappa shape index (κ1) is 14.3. The predicted octanol–water partition coefficient (Wildman–Crippen LogP) is 1.62. The molecule has 6 heteroatoms. The smallest absolute Gasteiger partial charge is 0.309 e. The number of nitrogens with two attached hydrogens (primary N) is 1. The zero-order valence-corrected chi connectivity index (χ0v) is 11.2. The third kappa shape index (κ3) is 2.59. The summed E-state index contributed by atoms with van der Waals surface area (Å²) < 4.78 is 14.0. The molecule has 0 atom stereocenters. The van der Waals surface area contributed by atoms with Gasteiger partial charge in [0.15, 0.2) is 0 Å². The normalized spacial score (nSPS) is 17.8. The summed E-state index contributed by atoms with van der Waals surface area (Å²) in [6, 6.07) is 4.10. The summed E-state index contributed by atoms with van der Waals surface area (Å²) in [5.41, 5.74) is 4.85. The lowest BCUT2D eigenvalue weighted by molar-refractivity contribution is -0.149. The zero-order chi connectivity index (χ0) is 14.9. The fourth-order valence-corrected chi connectivity index (χ4v) is 2.37. The van der Waals surface area contributed by atoms with E-state index in [0.29, 0.717) is 31.6 Å². The minimum Gasteiger partial charge on any atom is -0.481 e. The summed E-state index contributed by atoms with van der Waals surface area (Å²) in [4.78, 5) is 23.9. The van der Waals surface area contributed by atoms with Gasteiger partial charge in [0.25, 0.3) is 0 Å². The third-order valence-electron chi connectivity index (χ3n) is 3.96. The van der Waals surface area contributed by atoms with Gasteiger partial charge in [-0.2, -0.15) is 0 Å². The lowest BCUT2D eigenvalue weighted by Crippen LogP contribution is -2.43. The number of hydrogen-bond donors (Lipinski definition) is 2. The molecule has 1 aromatic carbocycles. The first-order chi connectivity index (χ1) is 9.33. The van der Waals surface area contributed by atoms with E-state index < -0.39 is 23.1 Å². The molecule has 1 amide bonds. The number of nitrogens with zero attached hydrogens (tertiary/aromatic N) is 1. The number of carboxylic acid groups (broad SMARTS) is 1. The topological polar surface area (TPSA) is 83.6 Å². The van der Waals surface area contributed by atoms with E-state index in [-0.39, 0.29) is 5.56 Å². The van der Waals surface area contributed by atoms with Crippen LogP contribution in [0.3, 0.4) is 0 Å². The minimum atomic E-state index is -0.818. The van der Waals surface area contributed by atoms with E-state index in [4.69, 9.17) is 10.8 Å². The van der Waals surface area contributed by atoms with E-state index in [1.165, 1.54) is 12.1 Å². The fraction of sp³-hybridized carbons (Fsp3) is 0.429. The molecule has 0 aliphatic carbocycles. The molecular weight excluding hydrogens is 263 g/mol. The lowest BCUT2D eigenvalue weighted by Gasteiger charge is -2.37. The van der Waals surface area contributed by atoms with Gasteiger partial charge in [-0.3, -0.25) is 9.59 Å². The fourth-order valence-electron chi connectivity index (χ4n) is 2.37. The molecule has 1 saturated heterocycles. The van der Waals surface area contributed by atoms with Crippen LogP contribution in [0.1, 0.15) is 30.1 Å². The number of piperidine rings is 1. The SMILES string of the molecule is CC1(C(=O)O)CCN(c2ccc(C(N)=O)cc2F)CC1. The summed E-state index contributed by atoms with van der Waals surface area (Å²) in [7, 11) is 0. The maximum absolute atomic E-state index is 14.0. The van der Waals surface area contributed by atoms with Crippen LogP contribution in [0.15, 0.2) is 18.2 Å². The van der Waals surface area contributed by atoms with Gasteiger partial charge >= 0.3 is 5.97 Å². The van der Waals surface area contributed by atoms with Gasteiger partial charge in [0, 0.05) is 18.7 Å². The Labute approximate surface area is 116 Å². The first-order valence-corrected chi connectivity index (χ1v) is 6.41. The average molecular weight is 280 g/mol. The van der Waals surface area contributed by atoms with Crippen molar-refractivity contribution < 1.29 is 19.1 Å². The van der Waals surface area contributed by atoms with Gasteiger partial charge in [-0.05, 0) is 38.0 Å². The summed E-state index contributed by atoms with van der Waals surface area (Å²) >= 11 is 0. The van der Waals surface area contributed by atoms with Gasteiger partial charge in [0.05, 0.1) is 11.1 Å². The van der Waals surface area contributed by atoms with Crippen molar-refractivity contribution in [3.05, 3.63) is 29.6 Å². The van der Waals surface area contributed by atoms with Crippen LogP contribution >= 0.6 is 0 Å². The molecule has 5 nitrogen and oxygen atoms in total. The summed E-state index contributed by atoms with van der Waals surface area (Å²) in [5, 5.41) is 9.16. The zero-order valence-electron chi connectivity index (χ0n) is 11.2. The number of amides is 1. The second kappa shape index (κ2) is 5.11. The molecule has 0 spiro atoms.